The highest BCUT2D eigenvalue weighted by atomic mass is 16.1. The summed E-state index contributed by atoms with van der Waals surface area (Å²) in [6, 6.07) is 0. The van der Waals surface area contributed by atoms with Gasteiger partial charge in [0.15, 0.2) is 0 Å². The molecule has 0 bridgehead atoms. The number of ketones is 1. The van der Waals surface area contributed by atoms with Gasteiger partial charge in [0.2, 0.25) is 0 Å². The van der Waals surface area contributed by atoms with E-state index in [1.165, 1.54) is 25.7 Å². The van der Waals surface area contributed by atoms with Gasteiger partial charge in [0.05, 0.1) is 0 Å². The molecular weight excluding hydrogens is 184 g/mol. The molecule has 0 unspecified atom stereocenters. The Morgan fingerprint density at radius 2 is 1.67 bits per heavy atom. The summed E-state index contributed by atoms with van der Waals surface area (Å²) in [4.78, 5) is 10.7. The van der Waals surface area contributed by atoms with Crippen LogP contribution in [0.4, 0.5) is 0 Å². The molecule has 86 valence electrons. The van der Waals surface area contributed by atoms with E-state index in [1.807, 2.05) is 0 Å². The Hall–Kier alpha value is -0.770. The van der Waals surface area contributed by atoms with E-state index in [9.17, 15) is 4.79 Å². The molecule has 0 fully saturated rings. The Bertz CT molecular complexity index is 217. The monoisotopic (exact) mass is 208 g/mol. The molecule has 1 nitrogen and oxygen atoms in total. The number of hydrogen-bond donors (Lipinski definition) is 0. The van der Waals surface area contributed by atoms with Crippen molar-refractivity contribution in [2.24, 2.45) is 5.92 Å². The largest absolute Gasteiger partial charge is 0.300 e. The molecule has 0 aliphatic carbocycles. The average Bonchev–Trinajstić information content (AvgIpc) is 2.14. The molecule has 1 heteroatoms. The first-order chi connectivity index (χ1) is 7.13. The zero-order chi connectivity index (χ0) is 11.5. The third kappa shape index (κ3) is 13.2. The topological polar surface area (TPSA) is 17.1 Å². The van der Waals surface area contributed by atoms with E-state index in [1.54, 1.807) is 6.92 Å². The number of carbonyl (C=O) groups excluding carboxylic acids is 1. The van der Waals surface area contributed by atoms with Gasteiger partial charge in [0.25, 0.3) is 0 Å². The molecular formula is C14H24O. The van der Waals surface area contributed by atoms with Crippen LogP contribution in [0.5, 0.6) is 0 Å². The number of rotatable bonds is 7. The van der Waals surface area contributed by atoms with Gasteiger partial charge in [-0.1, -0.05) is 33.1 Å². The maximum atomic E-state index is 10.7. The van der Waals surface area contributed by atoms with Crippen LogP contribution < -0.4 is 0 Å². The zero-order valence-corrected chi connectivity index (χ0v) is 10.4. The third-order valence-corrected chi connectivity index (χ3v) is 2.22. The second-order valence-electron chi connectivity index (χ2n) is 4.45. The summed E-state index contributed by atoms with van der Waals surface area (Å²) in [5.41, 5.74) is 0. The molecule has 0 heterocycles. The summed E-state index contributed by atoms with van der Waals surface area (Å²) in [6.07, 6.45) is 7.75. The summed E-state index contributed by atoms with van der Waals surface area (Å²) in [5, 5.41) is 0. The summed E-state index contributed by atoms with van der Waals surface area (Å²) in [5.74, 6) is 7.18. The van der Waals surface area contributed by atoms with Gasteiger partial charge in [-0.3, -0.25) is 0 Å². The van der Waals surface area contributed by atoms with Gasteiger partial charge in [0, 0.05) is 18.8 Å². The van der Waals surface area contributed by atoms with Crippen LogP contribution in [0.1, 0.15) is 65.7 Å². The van der Waals surface area contributed by atoms with Crippen LogP contribution >= 0.6 is 0 Å². The van der Waals surface area contributed by atoms with Crippen LogP contribution in [0.15, 0.2) is 0 Å². The highest BCUT2D eigenvalue weighted by Crippen LogP contribution is 2.07. The van der Waals surface area contributed by atoms with E-state index in [-0.39, 0.29) is 0 Å². The average molecular weight is 208 g/mol. The maximum Gasteiger partial charge on any atom is 0.129 e. The van der Waals surface area contributed by atoms with E-state index in [4.69, 9.17) is 0 Å². The second kappa shape index (κ2) is 9.77. The van der Waals surface area contributed by atoms with E-state index in [2.05, 4.69) is 25.7 Å². The Labute approximate surface area is 94.6 Å². The SMILES string of the molecule is CC(=O)CCCCCCCC#CC(C)C. The molecule has 0 saturated heterocycles. The van der Waals surface area contributed by atoms with Gasteiger partial charge in [-0.25, -0.2) is 0 Å². The van der Waals surface area contributed by atoms with Crippen LogP contribution in [0, 0.1) is 17.8 Å². The first-order valence-electron chi connectivity index (χ1n) is 6.10. The van der Waals surface area contributed by atoms with Gasteiger partial charge >= 0.3 is 0 Å². The molecule has 0 aromatic heterocycles. The van der Waals surface area contributed by atoms with Crippen molar-refractivity contribution in [3.05, 3.63) is 0 Å². The number of Topliss-reactive ketones (excluding diaryl/α,β-unsaturated/α-hetero) is 1. The lowest BCUT2D eigenvalue weighted by molar-refractivity contribution is -0.117. The minimum absolute atomic E-state index is 0.317. The van der Waals surface area contributed by atoms with Crippen LogP contribution in [0.25, 0.3) is 0 Å². The number of unbranched alkanes of at least 4 members (excludes halogenated alkanes) is 5. The molecule has 0 radical (unpaired) electrons. The molecule has 0 saturated carbocycles. The lowest BCUT2D eigenvalue weighted by Crippen LogP contribution is -1.89. The molecule has 0 amide bonds. The Balaban J connectivity index is 3.13. The van der Waals surface area contributed by atoms with Crippen LogP contribution in [-0.4, -0.2) is 5.78 Å². The smallest absolute Gasteiger partial charge is 0.129 e. The standard InChI is InChI=1S/C14H24O/c1-13(2)11-9-7-5-4-6-8-10-12-14(3)15/h13H,4-8,10,12H2,1-3H3. The summed E-state index contributed by atoms with van der Waals surface area (Å²) in [7, 11) is 0. The number of hydrogen-bond acceptors (Lipinski definition) is 1. The van der Waals surface area contributed by atoms with Crippen molar-refractivity contribution in [1.29, 1.82) is 0 Å². The number of carbonyl (C=O) groups is 1. The van der Waals surface area contributed by atoms with Crippen molar-refractivity contribution < 1.29 is 4.79 Å². The molecule has 0 spiro atoms. The van der Waals surface area contributed by atoms with Gasteiger partial charge in [-0.15, -0.1) is 11.8 Å². The first kappa shape index (κ1) is 14.2. The van der Waals surface area contributed by atoms with E-state index < -0.39 is 0 Å². The zero-order valence-electron chi connectivity index (χ0n) is 10.4. The van der Waals surface area contributed by atoms with Crippen molar-refractivity contribution >= 4 is 5.78 Å². The Kier molecular flexibility index (Phi) is 9.27. The lowest BCUT2D eigenvalue weighted by atomic mass is 10.1. The van der Waals surface area contributed by atoms with E-state index in [0.717, 1.165) is 19.3 Å². The molecule has 0 aliphatic heterocycles. The van der Waals surface area contributed by atoms with E-state index in [0.29, 0.717) is 11.7 Å². The molecule has 0 aromatic rings. The van der Waals surface area contributed by atoms with Crippen molar-refractivity contribution in [1.82, 2.24) is 0 Å². The van der Waals surface area contributed by atoms with Crippen molar-refractivity contribution in [2.75, 3.05) is 0 Å². The first-order valence-corrected chi connectivity index (χ1v) is 6.10. The summed E-state index contributed by atoms with van der Waals surface area (Å²) < 4.78 is 0. The van der Waals surface area contributed by atoms with Crippen LogP contribution in [0.3, 0.4) is 0 Å². The Morgan fingerprint density at radius 3 is 2.27 bits per heavy atom. The lowest BCUT2D eigenvalue weighted by Gasteiger charge is -1.97. The second-order valence-corrected chi connectivity index (χ2v) is 4.45. The minimum Gasteiger partial charge on any atom is -0.300 e. The van der Waals surface area contributed by atoms with Gasteiger partial charge in [-0.05, 0) is 19.8 Å². The summed E-state index contributed by atoms with van der Waals surface area (Å²) in [6.45, 7) is 5.91. The highest BCUT2D eigenvalue weighted by molar-refractivity contribution is 5.75. The minimum atomic E-state index is 0.317. The van der Waals surface area contributed by atoms with E-state index >= 15 is 0 Å². The fraction of sp³-hybridized carbons (Fsp3) is 0.786. The molecule has 0 N–H and O–H groups in total. The van der Waals surface area contributed by atoms with Crippen molar-refractivity contribution in [3.8, 4) is 11.8 Å². The van der Waals surface area contributed by atoms with Crippen LogP contribution in [-0.2, 0) is 4.79 Å². The quantitative estimate of drug-likeness (QED) is 0.457. The Morgan fingerprint density at radius 1 is 1.07 bits per heavy atom. The molecule has 0 aromatic carbocycles. The molecule has 0 atom stereocenters. The predicted octanol–water partition coefficient (Wildman–Crippen LogP) is 3.97. The maximum absolute atomic E-state index is 10.7. The highest BCUT2D eigenvalue weighted by Gasteiger charge is 1.93. The fourth-order valence-electron chi connectivity index (χ4n) is 1.39. The summed E-state index contributed by atoms with van der Waals surface area (Å²) >= 11 is 0. The van der Waals surface area contributed by atoms with Crippen molar-refractivity contribution in [2.45, 2.75) is 65.7 Å². The molecule has 15 heavy (non-hydrogen) atoms. The van der Waals surface area contributed by atoms with Gasteiger partial charge in [-0.2, -0.15) is 0 Å². The fourth-order valence-corrected chi connectivity index (χ4v) is 1.39. The van der Waals surface area contributed by atoms with Crippen molar-refractivity contribution in [3.63, 3.8) is 0 Å². The molecule has 0 aliphatic rings. The van der Waals surface area contributed by atoms with Gasteiger partial charge in [0.1, 0.15) is 5.78 Å². The van der Waals surface area contributed by atoms with Crippen LogP contribution in [0.2, 0.25) is 0 Å². The predicted molar refractivity (Wildman–Crippen MR) is 65.6 cm³/mol. The normalized spacial score (nSPS) is 9.87. The third-order valence-electron chi connectivity index (χ3n) is 2.22. The molecule has 0 rings (SSSR count). The van der Waals surface area contributed by atoms with Gasteiger partial charge < -0.3 is 4.79 Å².